The molecule has 21 heavy (non-hydrogen) atoms. The lowest BCUT2D eigenvalue weighted by Gasteiger charge is -2.25. The quantitative estimate of drug-likeness (QED) is 0.381. The Morgan fingerprint density at radius 1 is 1.14 bits per heavy atom. The number of oxazole rings is 1. The first-order chi connectivity index (χ1) is 10.1. The fraction of sp³-hybridized carbons (Fsp3) is 0.526. The zero-order valence-electron chi connectivity index (χ0n) is 13.8. The number of hydrogen-bond acceptors (Lipinski definition) is 2. The van der Waals surface area contributed by atoms with Crippen LogP contribution in [-0.2, 0) is 5.41 Å². The minimum Gasteiger partial charge on any atom is -0.440 e. The van der Waals surface area contributed by atoms with Crippen molar-refractivity contribution in [1.82, 2.24) is 4.98 Å². The van der Waals surface area contributed by atoms with Crippen LogP contribution in [0.4, 0.5) is 0 Å². The molecule has 0 aliphatic carbocycles. The van der Waals surface area contributed by atoms with Gasteiger partial charge in [-0.05, 0) is 25.0 Å². The van der Waals surface area contributed by atoms with Gasteiger partial charge in [0.2, 0.25) is 5.89 Å². The molecule has 0 saturated carbocycles. The van der Waals surface area contributed by atoms with Crippen molar-refractivity contribution in [3.8, 4) is 0 Å². The summed E-state index contributed by atoms with van der Waals surface area (Å²) in [4.78, 5) is 4.68. The maximum absolute atomic E-state index is 6.04. The molecule has 0 bridgehead atoms. The molecule has 1 aromatic rings. The third-order valence-corrected chi connectivity index (χ3v) is 3.91. The van der Waals surface area contributed by atoms with E-state index in [-0.39, 0.29) is 5.41 Å². The van der Waals surface area contributed by atoms with Gasteiger partial charge in [-0.25, -0.2) is 4.98 Å². The summed E-state index contributed by atoms with van der Waals surface area (Å²) in [7, 11) is 0. The molecule has 2 nitrogen and oxygen atoms in total. The molecule has 0 spiro atoms. The second-order valence-corrected chi connectivity index (χ2v) is 5.84. The predicted octanol–water partition coefficient (Wildman–Crippen LogP) is 6.15. The number of aromatic nitrogens is 1. The maximum Gasteiger partial charge on any atom is 0.201 e. The SMILES string of the molecule is C=C/C=C\c1oc(C(C)(CCC)CCCCC)nc1C=C. The van der Waals surface area contributed by atoms with E-state index in [9.17, 15) is 0 Å². The van der Waals surface area contributed by atoms with Crippen LogP contribution in [0.5, 0.6) is 0 Å². The normalized spacial score (nSPS) is 14.2. The molecule has 0 aliphatic heterocycles. The first-order valence-electron chi connectivity index (χ1n) is 8.04. The standard InChI is InChI=1S/C19H29NO/c1-6-10-12-15-19(5,14-8-3)18-20-16(9-4)17(21-18)13-11-7-2/h7,9,11,13H,2,4,6,8,10,12,14-15H2,1,3,5H3/b13-11-. The van der Waals surface area contributed by atoms with E-state index >= 15 is 0 Å². The zero-order chi connectivity index (χ0) is 15.7. The zero-order valence-corrected chi connectivity index (χ0v) is 13.8. The molecule has 1 aromatic heterocycles. The minimum atomic E-state index is 0.0158. The van der Waals surface area contributed by atoms with Gasteiger partial charge >= 0.3 is 0 Å². The van der Waals surface area contributed by atoms with Gasteiger partial charge in [0.1, 0.15) is 5.69 Å². The summed E-state index contributed by atoms with van der Waals surface area (Å²) in [5, 5.41) is 0. The maximum atomic E-state index is 6.04. The Labute approximate surface area is 129 Å². The molecule has 0 fully saturated rings. The van der Waals surface area contributed by atoms with Gasteiger partial charge in [0.15, 0.2) is 5.76 Å². The number of allylic oxidation sites excluding steroid dienone is 2. The lowest BCUT2D eigenvalue weighted by molar-refractivity contribution is 0.293. The Balaban J connectivity index is 3.06. The molecular formula is C19H29NO. The van der Waals surface area contributed by atoms with Crippen LogP contribution >= 0.6 is 0 Å². The topological polar surface area (TPSA) is 26.0 Å². The van der Waals surface area contributed by atoms with Gasteiger partial charge in [0, 0.05) is 5.41 Å². The second kappa shape index (κ2) is 8.66. The fourth-order valence-electron chi connectivity index (χ4n) is 2.68. The molecular weight excluding hydrogens is 258 g/mol. The number of nitrogens with zero attached hydrogens (tertiary/aromatic N) is 1. The van der Waals surface area contributed by atoms with E-state index in [0.717, 1.165) is 36.6 Å². The molecule has 0 N–H and O–H groups in total. The molecule has 0 amide bonds. The minimum absolute atomic E-state index is 0.0158. The van der Waals surface area contributed by atoms with E-state index in [1.807, 2.05) is 12.2 Å². The average Bonchev–Trinajstić information content (AvgIpc) is 2.89. The van der Waals surface area contributed by atoms with Crippen molar-refractivity contribution < 1.29 is 4.42 Å². The van der Waals surface area contributed by atoms with Gasteiger partial charge in [-0.1, -0.05) is 71.8 Å². The summed E-state index contributed by atoms with van der Waals surface area (Å²) >= 11 is 0. The third-order valence-electron chi connectivity index (χ3n) is 3.91. The Hall–Kier alpha value is -1.57. The third kappa shape index (κ3) is 4.73. The molecule has 116 valence electrons. The molecule has 1 rings (SSSR count). The van der Waals surface area contributed by atoms with Crippen molar-refractivity contribution in [3.05, 3.63) is 42.7 Å². The Bertz CT molecular complexity index is 484. The Kier molecular flexibility index (Phi) is 7.21. The van der Waals surface area contributed by atoms with Gasteiger partial charge < -0.3 is 4.42 Å². The van der Waals surface area contributed by atoms with Gasteiger partial charge in [-0.15, -0.1) is 0 Å². The van der Waals surface area contributed by atoms with Crippen LogP contribution < -0.4 is 0 Å². The Morgan fingerprint density at radius 2 is 1.90 bits per heavy atom. The smallest absolute Gasteiger partial charge is 0.201 e. The molecule has 1 heterocycles. The van der Waals surface area contributed by atoms with Crippen molar-refractivity contribution in [2.75, 3.05) is 0 Å². The van der Waals surface area contributed by atoms with E-state index in [2.05, 4.69) is 38.9 Å². The highest BCUT2D eigenvalue weighted by Crippen LogP contribution is 2.35. The van der Waals surface area contributed by atoms with Crippen molar-refractivity contribution in [2.24, 2.45) is 0 Å². The summed E-state index contributed by atoms with van der Waals surface area (Å²) in [6.07, 6.45) is 14.3. The van der Waals surface area contributed by atoms with Crippen molar-refractivity contribution >= 4 is 12.2 Å². The van der Waals surface area contributed by atoms with E-state index in [0.29, 0.717) is 0 Å². The molecule has 0 aromatic carbocycles. The van der Waals surface area contributed by atoms with E-state index in [1.165, 1.54) is 19.3 Å². The molecule has 0 aliphatic rings. The highest BCUT2D eigenvalue weighted by molar-refractivity contribution is 5.58. The first-order valence-corrected chi connectivity index (χ1v) is 8.04. The average molecular weight is 287 g/mol. The van der Waals surface area contributed by atoms with Gasteiger partial charge in [0.25, 0.3) is 0 Å². The fourth-order valence-corrected chi connectivity index (χ4v) is 2.68. The monoisotopic (exact) mass is 287 g/mol. The highest BCUT2D eigenvalue weighted by atomic mass is 16.4. The van der Waals surface area contributed by atoms with E-state index < -0.39 is 0 Å². The number of unbranched alkanes of at least 4 members (excludes halogenated alkanes) is 2. The van der Waals surface area contributed by atoms with Crippen LogP contribution in [0, 0.1) is 0 Å². The summed E-state index contributed by atoms with van der Waals surface area (Å²) in [6, 6.07) is 0. The number of rotatable bonds is 10. The van der Waals surface area contributed by atoms with Gasteiger partial charge in [-0.2, -0.15) is 0 Å². The summed E-state index contributed by atoms with van der Waals surface area (Å²) in [5.41, 5.74) is 0.836. The molecule has 1 unspecified atom stereocenters. The van der Waals surface area contributed by atoms with Gasteiger partial charge in [-0.3, -0.25) is 0 Å². The van der Waals surface area contributed by atoms with Crippen LogP contribution in [0.25, 0.3) is 12.2 Å². The summed E-state index contributed by atoms with van der Waals surface area (Å²) in [5.74, 6) is 1.62. The second-order valence-electron chi connectivity index (χ2n) is 5.84. The predicted molar refractivity (Wildman–Crippen MR) is 92.2 cm³/mol. The molecule has 2 heteroatoms. The van der Waals surface area contributed by atoms with Gasteiger partial charge in [0.05, 0.1) is 0 Å². The van der Waals surface area contributed by atoms with Crippen LogP contribution in [-0.4, -0.2) is 4.98 Å². The van der Waals surface area contributed by atoms with E-state index in [4.69, 9.17) is 4.42 Å². The molecule has 1 atom stereocenters. The van der Waals surface area contributed by atoms with Crippen molar-refractivity contribution in [2.45, 2.75) is 64.7 Å². The highest BCUT2D eigenvalue weighted by Gasteiger charge is 2.31. The van der Waals surface area contributed by atoms with Crippen molar-refractivity contribution in [3.63, 3.8) is 0 Å². The summed E-state index contributed by atoms with van der Waals surface area (Å²) in [6.45, 7) is 14.2. The van der Waals surface area contributed by atoms with Crippen LogP contribution in [0.1, 0.15) is 76.6 Å². The van der Waals surface area contributed by atoms with E-state index in [1.54, 1.807) is 12.2 Å². The van der Waals surface area contributed by atoms with Crippen LogP contribution in [0.2, 0.25) is 0 Å². The lowest BCUT2D eigenvalue weighted by Crippen LogP contribution is -2.22. The van der Waals surface area contributed by atoms with Crippen LogP contribution in [0.15, 0.2) is 29.7 Å². The summed E-state index contributed by atoms with van der Waals surface area (Å²) < 4.78 is 6.04. The van der Waals surface area contributed by atoms with Crippen LogP contribution in [0.3, 0.4) is 0 Å². The Morgan fingerprint density at radius 3 is 2.48 bits per heavy atom. The molecule has 0 radical (unpaired) electrons. The molecule has 0 saturated heterocycles. The number of hydrogen-bond donors (Lipinski definition) is 0. The lowest BCUT2D eigenvalue weighted by atomic mass is 9.80. The largest absolute Gasteiger partial charge is 0.440 e. The van der Waals surface area contributed by atoms with Crippen molar-refractivity contribution in [1.29, 1.82) is 0 Å². The first kappa shape index (κ1) is 17.5.